The van der Waals surface area contributed by atoms with Crippen molar-refractivity contribution in [1.82, 2.24) is 5.32 Å². The van der Waals surface area contributed by atoms with E-state index in [0.717, 1.165) is 12.1 Å². The van der Waals surface area contributed by atoms with Gasteiger partial charge in [-0.05, 0) is 42.9 Å². The zero-order valence-corrected chi connectivity index (χ0v) is 12.9. The minimum atomic E-state index is 0.464. The first-order chi connectivity index (χ1) is 7.72. The monoisotopic (exact) mass is 239 g/mol. The van der Waals surface area contributed by atoms with Crippen LogP contribution in [0.5, 0.6) is 0 Å². The van der Waals surface area contributed by atoms with Crippen molar-refractivity contribution in [1.29, 1.82) is 0 Å². The van der Waals surface area contributed by atoms with Crippen molar-refractivity contribution in [2.75, 3.05) is 0 Å². The number of hydrogen-bond donors (Lipinski definition) is 1. The molecule has 1 aliphatic rings. The highest BCUT2D eigenvalue weighted by molar-refractivity contribution is 4.89. The Morgan fingerprint density at radius 3 is 1.94 bits per heavy atom. The van der Waals surface area contributed by atoms with E-state index in [1.807, 2.05) is 0 Å². The van der Waals surface area contributed by atoms with Crippen molar-refractivity contribution in [3.8, 4) is 0 Å². The van der Waals surface area contributed by atoms with Gasteiger partial charge in [0.1, 0.15) is 0 Å². The van der Waals surface area contributed by atoms with Gasteiger partial charge in [0.15, 0.2) is 0 Å². The zero-order valence-electron chi connectivity index (χ0n) is 12.9. The van der Waals surface area contributed by atoms with Crippen molar-refractivity contribution in [2.45, 2.75) is 92.2 Å². The second-order valence-electron chi connectivity index (χ2n) is 8.02. The summed E-state index contributed by atoms with van der Waals surface area (Å²) in [6.07, 6.45) is 8.09. The van der Waals surface area contributed by atoms with Crippen LogP contribution in [0.3, 0.4) is 0 Å². The lowest BCUT2D eigenvalue weighted by Crippen LogP contribution is -2.35. The van der Waals surface area contributed by atoms with E-state index in [1.165, 1.54) is 38.5 Å². The van der Waals surface area contributed by atoms with Crippen molar-refractivity contribution in [2.24, 2.45) is 10.8 Å². The highest BCUT2D eigenvalue weighted by Crippen LogP contribution is 2.33. The molecular formula is C16H33N. The lowest BCUT2D eigenvalue weighted by atomic mass is 9.81. The lowest BCUT2D eigenvalue weighted by Gasteiger charge is -2.29. The maximum atomic E-state index is 3.86. The maximum absolute atomic E-state index is 3.86. The molecule has 1 fully saturated rings. The van der Waals surface area contributed by atoms with Crippen molar-refractivity contribution < 1.29 is 0 Å². The largest absolute Gasteiger partial charge is 0.311 e. The van der Waals surface area contributed by atoms with Gasteiger partial charge in [-0.3, -0.25) is 0 Å². The quantitative estimate of drug-likeness (QED) is 0.729. The molecule has 0 amide bonds. The fourth-order valence-electron chi connectivity index (χ4n) is 3.41. The molecule has 17 heavy (non-hydrogen) atoms. The molecule has 1 heteroatoms. The maximum Gasteiger partial charge on any atom is 0.00753 e. The first-order valence-electron chi connectivity index (χ1n) is 7.48. The highest BCUT2D eigenvalue weighted by Gasteiger charge is 2.30. The standard InChI is InChI=1S/C16H33N/c1-7-10-16(5,6)12-14-9-8-13(17-14)11-15(2,3)4/h13-14,17H,7-12H2,1-6H3. The van der Waals surface area contributed by atoms with E-state index >= 15 is 0 Å². The number of hydrogen-bond acceptors (Lipinski definition) is 1. The second-order valence-corrected chi connectivity index (χ2v) is 8.02. The molecule has 0 spiro atoms. The molecule has 1 heterocycles. The van der Waals surface area contributed by atoms with Crippen LogP contribution in [-0.4, -0.2) is 12.1 Å². The molecular weight excluding hydrogens is 206 g/mol. The van der Waals surface area contributed by atoms with Crippen LogP contribution in [0.1, 0.15) is 80.1 Å². The lowest BCUT2D eigenvalue weighted by molar-refractivity contribution is 0.258. The van der Waals surface area contributed by atoms with Crippen LogP contribution >= 0.6 is 0 Å². The number of nitrogens with one attached hydrogen (secondary N) is 1. The molecule has 1 N–H and O–H groups in total. The summed E-state index contributed by atoms with van der Waals surface area (Å²) >= 11 is 0. The topological polar surface area (TPSA) is 12.0 Å². The molecule has 0 aliphatic carbocycles. The third-order valence-corrected chi connectivity index (χ3v) is 3.92. The molecule has 0 radical (unpaired) electrons. The second kappa shape index (κ2) is 5.73. The molecule has 1 rings (SSSR count). The van der Waals surface area contributed by atoms with Crippen LogP contribution in [0.15, 0.2) is 0 Å². The molecule has 0 aromatic carbocycles. The first-order valence-corrected chi connectivity index (χ1v) is 7.48. The van der Waals surface area contributed by atoms with E-state index in [1.54, 1.807) is 0 Å². The minimum absolute atomic E-state index is 0.464. The smallest absolute Gasteiger partial charge is 0.00753 e. The molecule has 0 saturated carbocycles. The summed E-state index contributed by atoms with van der Waals surface area (Å²) in [4.78, 5) is 0. The Labute approximate surface area is 109 Å². The summed E-state index contributed by atoms with van der Waals surface area (Å²) in [7, 11) is 0. The normalized spacial score (nSPS) is 26.5. The summed E-state index contributed by atoms with van der Waals surface area (Å²) in [6.45, 7) is 14.2. The molecule has 102 valence electrons. The predicted molar refractivity (Wildman–Crippen MR) is 77.3 cm³/mol. The Balaban J connectivity index is 2.35. The van der Waals surface area contributed by atoms with Crippen LogP contribution < -0.4 is 5.32 Å². The van der Waals surface area contributed by atoms with Crippen molar-refractivity contribution in [3.63, 3.8) is 0 Å². The summed E-state index contributed by atoms with van der Waals surface area (Å²) in [5, 5.41) is 3.86. The van der Waals surface area contributed by atoms with Crippen molar-refractivity contribution >= 4 is 0 Å². The Morgan fingerprint density at radius 1 is 0.941 bits per heavy atom. The third-order valence-electron chi connectivity index (χ3n) is 3.92. The SMILES string of the molecule is CCCC(C)(C)CC1CCC(CC(C)(C)C)N1. The van der Waals surface area contributed by atoms with Gasteiger partial charge in [0, 0.05) is 12.1 Å². The minimum Gasteiger partial charge on any atom is -0.311 e. The fraction of sp³-hybridized carbons (Fsp3) is 1.00. The Hall–Kier alpha value is -0.0400. The molecule has 1 nitrogen and oxygen atoms in total. The van der Waals surface area contributed by atoms with Crippen LogP contribution in [0.25, 0.3) is 0 Å². The average molecular weight is 239 g/mol. The Kier molecular flexibility index (Phi) is 5.07. The van der Waals surface area contributed by atoms with Gasteiger partial charge in [0.25, 0.3) is 0 Å². The third kappa shape index (κ3) is 5.90. The Bertz CT molecular complexity index is 224. The Morgan fingerprint density at radius 2 is 1.47 bits per heavy atom. The molecule has 1 aliphatic heterocycles. The molecule has 0 bridgehead atoms. The van der Waals surface area contributed by atoms with Crippen molar-refractivity contribution in [3.05, 3.63) is 0 Å². The highest BCUT2D eigenvalue weighted by atomic mass is 15.0. The van der Waals surface area contributed by atoms with Gasteiger partial charge >= 0.3 is 0 Å². The summed E-state index contributed by atoms with van der Waals surface area (Å²) < 4.78 is 0. The number of rotatable bonds is 5. The van der Waals surface area contributed by atoms with Crippen LogP contribution in [-0.2, 0) is 0 Å². The van der Waals surface area contributed by atoms with E-state index in [-0.39, 0.29) is 0 Å². The van der Waals surface area contributed by atoms with Gasteiger partial charge in [-0.2, -0.15) is 0 Å². The molecule has 1 saturated heterocycles. The van der Waals surface area contributed by atoms with Gasteiger partial charge in [-0.25, -0.2) is 0 Å². The van der Waals surface area contributed by atoms with E-state index in [0.29, 0.717) is 10.8 Å². The molecule has 0 aromatic heterocycles. The van der Waals surface area contributed by atoms with E-state index in [4.69, 9.17) is 0 Å². The fourth-order valence-corrected chi connectivity index (χ4v) is 3.41. The van der Waals surface area contributed by atoms with Gasteiger partial charge in [-0.1, -0.05) is 48.0 Å². The van der Waals surface area contributed by atoms with E-state index < -0.39 is 0 Å². The molecule has 2 atom stereocenters. The van der Waals surface area contributed by atoms with Gasteiger partial charge < -0.3 is 5.32 Å². The zero-order chi connectivity index (χ0) is 13.1. The molecule has 2 unspecified atom stereocenters. The van der Waals surface area contributed by atoms with Crippen LogP contribution in [0, 0.1) is 10.8 Å². The summed E-state index contributed by atoms with van der Waals surface area (Å²) in [5.74, 6) is 0. The van der Waals surface area contributed by atoms with Crippen LogP contribution in [0.4, 0.5) is 0 Å². The van der Waals surface area contributed by atoms with E-state index in [9.17, 15) is 0 Å². The van der Waals surface area contributed by atoms with E-state index in [2.05, 4.69) is 46.9 Å². The molecule has 0 aromatic rings. The van der Waals surface area contributed by atoms with Gasteiger partial charge in [0.05, 0.1) is 0 Å². The van der Waals surface area contributed by atoms with Crippen LogP contribution in [0.2, 0.25) is 0 Å². The predicted octanol–water partition coefficient (Wildman–Crippen LogP) is 4.76. The van der Waals surface area contributed by atoms with Gasteiger partial charge in [0.2, 0.25) is 0 Å². The summed E-state index contributed by atoms with van der Waals surface area (Å²) in [5.41, 5.74) is 0.981. The summed E-state index contributed by atoms with van der Waals surface area (Å²) in [6, 6.07) is 1.53. The van der Waals surface area contributed by atoms with Gasteiger partial charge in [-0.15, -0.1) is 0 Å². The average Bonchev–Trinajstić information content (AvgIpc) is 2.47. The first kappa shape index (κ1) is 15.0.